The minimum atomic E-state index is -2.99. The van der Waals surface area contributed by atoms with E-state index in [4.69, 9.17) is 45.6 Å². The Bertz CT molecular complexity index is 581. The topological polar surface area (TPSA) is 153 Å². The molecule has 0 aliphatic rings. The van der Waals surface area contributed by atoms with Crippen molar-refractivity contribution in [2.45, 2.75) is 0 Å². The second-order valence-electron chi connectivity index (χ2n) is 3.53. The summed E-state index contributed by atoms with van der Waals surface area (Å²) in [4.78, 5) is 11.9. The molecule has 0 aromatic heterocycles. The summed E-state index contributed by atoms with van der Waals surface area (Å²) in [5.41, 5.74) is 22.1. The monoisotopic (exact) mass is 325 g/mol. The predicted molar refractivity (Wildman–Crippen MR) is 80.5 cm³/mol. The lowest BCUT2D eigenvalue weighted by Crippen LogP contribution is -2.33. The van der Waals surface area contributed by atoms with Crippen molar-refractivity contribution in [3.63, 3.8) is 0 Å². The van der Waals surface area contributed by atoms with Gasteiger partial charge in [-0.05, 0) is 23.9 Å². The van der Waals surface area contributed by atoms with Gasteiger partial charge in [-0.1, -0.05) is 17.9 Å². The van der Waals surface area contributed by atoms with Gasteiger partial charge < -0.3 is 10.2 Å². The highest BCUT2D eigenvalue weighted by Crippen LogP contribution is 2.32. The molecule has 0 saturated carbocycles. The summed E-state index contributed by atoms with van der Waals surface area (Å²) < 4.78 is 0. The van der Waals surface area contributed by atoms with Gasteiger partial charge in [-0.3, -0.25) is 26.8 Å². The number of nitrogens with one attached hydrogen (secondary N) is 1. The van der Waals surface area contributed by atoms with Crippen LogP contribution in [0.2, 0.25) is 0 Å². The number of amides is 1. The molecule has 0 aliphatic carbocycles. The average Bonchev–Trinajstić information content (AvgIpc) is 2.12. The second kappa shape index (κ2) is 5.32. The van der Waals surface area contributed by atoms with Crippen LogP contribution in [0.25, 0.3) is 0 Å². The molecule has 1 rings (SSSR count). The largest absolute Gasteiger partial charge is 0.507 e. The first-order valence-corrected chi connectivity index (χ1v) is 10.4. The standard InChI is InChI=1S/C7H13N5O2P2S2/c8-15(9,17)6-4(2-1-3-5(6)13)7(14)12-16(10,11)18/h1-3,13H,(H4,8,9,17)(H5,10,11,12,14,18). The Balaban J connectivity index is 3.34. The molecule has 0 bridgehead atoms. The summed E-state index contributed by atoms with van der Waals surface area (Å²) in [5.74, 6) is -0.891. The van der Waals surface area contributed by atoms with Gasteiger partial charge in [0, 0.05) is 0 Å². The molecule has 1 amide bonds. The number of carbonyl (C=O) groups is 1. The lowest BCUT2D eigenvalue weighted by molar-refractivity contribution is 0.0983. The van der Waals surface area contributed by atoms with Crippen molar-refractivity contribution >= 4 is 47.7 Å². The van der Waals surface area contributed by atoms with Crippen LogP contribution in [-0.4, -0.2) is 11.0 Å². The second-order valence-corrected chi connectivity index (χ2v) is 10.7. The van der Waals surface area contributed by atoms with Crippen molar-refractivity contribution in [1.82, 2.24) is 5.09 Å². The number of phenolic OH excluding ortho intramolecular Hbond substituents is 1. The van der Waals surface area contributed by atoms with Crippen LogP contribution < -0.4 is 32.4 Å². The van der Waals surface area contributed by atoms with E-state index in [-0.39, 0.29) is 16.6 Å². The van der Waals surface area contributed by atoms with Crippen LogP contribution in [0, 0.1) is 0 Å². The van der Waals surface area contributed by atoms with E-state index in [0.29, 0.717) is 0 Å². The van der Waals surface area contributed by atoms with Crippen LogP contribution in [0.4, 0.5) is 0 Å². The molecule has 1 aromatic rings. The number of phenols is 1. The van der Waals surface area contributed by atoms with Gasteiger partial charge in [-0.2, -0.15) is 0 Å². The molecule has 0 heterocycles. The number of carbonyl (C=O) groups excluding carboxylic acids is 1. The Morgan fingerprint density at radius 1 is 1.22 bits per heavy atom. The maximum absolute atomic E-state index is 11.9. The molecule has 0 spiro atoms. The van der Waals surface area contributed by atoms with Gasteiger partial charge in [0.25, 0.3) is 5.91 Å². The Kier molecular flexibility index (Phi) is 4.64. The Morgan fingerprint density at radius 3 is 2.22 bits per heavy atom. The molecule has 0 atom stereocenters. The molecule has 100 valence electrons. The zero-order valence-electron chi connectivity index (χ0n) is 9.11. The summed E-state index contributed by atoms with van der Waals surface area (Å²) in [7, 11) is 0. The van der Waals surface area contributed by atoms with E-state index in [2.05, 4.69) is 5.09 Å². The van der Waals surface area contributed by atoms with Crippen LogP contribution in [0.15, 0.2) is 18.2 Å². The van der Waals surface area contributed by atoms with Crippen molar-refractivity contribution < 1.29 is 9.90 Å². The molecule has 0 saturated heterocycles. The molecular formula is C7H13N5O2P2S2. The Labute approximate surface area is 114 Å². The third-order valence-corrected chi connectivity index (χ3v) is 4.43. The molecule has 0 aliphatic heterocycles. The highest BCUT2D eigenvalue weighted by molar-refractivity contribution is 8.16. The van der Waals surface area contributed by atoms with E-state index in [0.717, 1.165) is 0 Å². The van der Waals surface area contributed by atoms with E-state index >= 15 is 0 Å². The highest BCUT2D eigenvalue weighted by Gasteiger charge is 2.23. The van der Waals surface area contributed by atoms with E-state index in [1.165, 1.54) is 18.2 Å². The lowest BCUT2D eigenvalue weighted by atomic mass is 10.2. The van der Waals surface area contributed by atoms with E-state index < -0.39 is 18.7 Å². The third kappa shape index (κ3) is 4.08. The molecule has 18 heavy (non-hydrogen) atoms. The number of hydrogen-bond donors (Lipinski definition) is 6. The molecule has 0 unspecified atom stereocenters. The quantitative estimate of drug-likeness (QED) is 0.392. The SMILES string of the molecule is NP(N)(=S)NC(=O)c1cccc(O)c1P(N)(N)=S. The molecule has 0 radical (unpaired) electrons. The first-order valence-electron chi connectivity index (χ1n) is 4.52. The van der Waals surface area contributed by atoms with Gasteiger partial charge in [-0.25, -0.2) is 0 Å². The van der Waals surface area contributed by atoms with Crippen molar-refractivity contribution in [1.29, 1.82) is 0 Å². The van der Waals surface area contributed by atoms with Gasteiger partial charge in [0.05, 0.1) is 10.9 Å². The van der Waals surface area contributed by atoms with Crippen molar-refractivity contribution in [2.75, 3.05) is 0 Å². The number of hydrogen-bond acceptors (Lipinski definition) is 4. The normalized spacial score (nSPS) is 12.2. The van der Waals surface area contributed by atoms with E-state index in [1.54, 1.807) is 0 Å². The zero-order valence-corrected chi connectivity index (χ0v) is 12.5. The number of benzene rings is 1. The van der Waals surface area contributed by atoms with Gasteiger partial charge in [0.2, 0.25) is 0 Å². The molecule has 10 N–H and O–H groups in total. The summed E-state index contributed by atoms with van der Waals surface area (Å²) in [6.07, 6.45) is -2.99. The highest BCUT2D eigenvalue weighted by atomic mass is 32.4. The van der Waals surface area contributed by atoms with Gasteiger partial charge in [0.15, 0.2) is 6.49 Å². The van der Waals surface area contributed by atoms with Crippen LogP contribution >= 0.6 is 12.8 Å². The van der Waals surface area contributed by atoms with Crippen LogP contribution in [0.5, 0.6) is 5.75 Å². The van der Waals surface area contributed by atoms with Gasteiger partial charge in [-0.15, -0.1) is 0 Å². The number of rotatable bonds is 3. The summed E-state index contributed by atoms with van der Waals surface area (Å²) >= 11 is 9.66. The van der Waals surface area contributed by atoms with E-state index in [1.807, 2.05) is 0 Å². The maximum atomic E-state index is 11.9. The molecule has 1 aromatic carbocycles. The minimum absolute atomic E-state index is 0.0287. The fourth-order valence-electron chi connectivity index (χ4n) is 1.30. The fraction of sp³-hybridized carbons (Fsp3) is 0. The number of aromatic hydroxyl groups is 1. The summed E-state index contributed by atoms with van der Waals surface area (Å²) in [6, 6.07) is 4.21. The molecule has 11 heteroatoms. The fourth-order valence-corrected chi connectivity index (χ4v) is 3.55. The van der Waals surface area contributed by atoms with Gasteiger partial charge in [0.1, 0.15) is 12.1 Å². The molecule has 0 fully saturated rings. The predicted octanol–water partition coefficient (Wildman–Crippen LogP) is -0.884. The third-order valence-electron chi connectivity index (χ3n) is 1.89. The van der Waals surface area contributed by atoms with Crippen LogP contribution in [-0.2, 0) is 23.6 Å². The van der Waals surface area contributed by atoms with Crippen molar-refractivity contribution in [3.05, 3.63) is 23.8 Å². The maximum Gasteiger partial charge on any atom is 0.257 e. The zero-order chi connectivity index (χ0) is 14.1. The van der Waals surface area contributed by atoms with Crippen LogP contribution in [0.1, 0.15) is 10.4 Å². The average molecular weight is 325 g/mol. The number of nitrogens with two attached hydrogens (primary N) is 4. The van der Waals surface area contributed by atoms with Crippen molar-refractivity contribution in [2.24, 2.45) is 22.0 Å². The lowest BCUT2D eigenvalue weighted by Gasteiger charge is -2.18. The van der Waals surface area contributed by atoms with E-state index in [9.17, 15) is 9.90 Å². The minimum Gasteiger partial charge on any atom is -0.507 e. The Hall–Kier alpha value is -0.370. The molecular weight excluding hydrogens is 312 g/mol. The smallest absolute Gasteiger partial charge is 0.257 e. The van der Waals surface area contributed by atoms with Crippen molar-refractivity contribution in [3.8, 4) is 5.75 Å². The van der Waals surface area contributed by atoms with Crippen LogP contribution in [0.3, 0.4) is 0 Å². The van der Waals surface area contributed by atoms with Gasteiger partial charge >= 0.3 is 0 Å². The first-order chi connectivity index (χ1) is 8.02. The Morgan fingerprint density at radius 2 is 1.78 bits per heavy atom. The molecule has 7 nitrogen and oxygen atoms in total. The summed E-state index contributed by atoms with van der Waals surface area (Å²) in [6.45, 7) is -2.93. The summed E-state index contributed by atoms with van der Waals surface area (Å²) in [5, 5.41) is 12.0. The first kappa shape index (κ1) is 15.7.